The molecule has 144 valence electrons. The van der Waals surface area contributed by atoms with Crippen LogP contribution in [0.25, 0.3) is 0 Å². The van der Waals surface area contributed by atoms with Crippen LogP contribution in [0.4, 0.5) is 0 Å². The summed E-state index contributed by atoms with van der Waals surface area (Å²) in [7, 11) is 0. The van der Waals surface area contributed by atoms with Crippen molar-refractivity contribution in [3.8, 4) is 0 Å². The van der Waals surface area contributed by atoms with Gasteiger partial charge in [-0.15, -0.1) is 0 Å². The number of nitrogens with one attached hydrogen (secondary N) is 1. The van der Waals surface area contributed by atoms with Crippen LogP contribution in [-0.4, -0.2) is 61.5 Å². The summed E-state index contributed by atoms with van der Waals surface area (Å²) in [6, 6.07) is 0. The molecule has 3 unspecified atom stereocenters. The molecule has 0 radical (unpaired) electrons. The Kier molecular flexibility index (Phi) is 7.60. The van der Waals surface area contributed by atoms with E-state index in [1.54, 1.807) is 0 Å². The van der Waals surface area contributed by atoms with Crippen molar-refractivity contribution < 1.29 is 4.79 Å². The monoisotopic (exact) mass is 349 g/mol. The quantitative estimate of drug-likeness (QED) is 0.828. The van der Waals surface area contributed by atoms with Crippen LogP contribution in [-0.2, 0) is 4.79 Å². The van der Waals surface area contributed by atoms with Gasteiger partial charge in [-0.25, -0.2) is 0 Å². The van der Waals surface area contributed by atoms with Crippen molar-refractivity contribution in [3.05, 3.63) is 0 Å². The Labute approximate surface area is 154 Å². The number of nitrogens with zero attached hydrogens (tertiary/aromatic N) is 2. The number of amides is 1. The predicted molar refractivity (Wildman–Crippen MR) is 104 cm³/mol. The maximum atomic E-state index is 12.8. The lowest BCUT2D eigenvalue weighted by molar-refractivity contribution is -0.134. The van der Waals surface area contributed by atoms with Crippen molar-refractivity contribution in [1.29, 1.82) is 0 Å². The molecule has 3 aliphatic rings. The van der Waals surface area contributed by atoms with Gasteiger partial charge in [0.05, 0.1) is 0 Å². The largest absolute Gasteiger partial charge is 0.342 e. The average molecular weight is 350 g/mol. The molecule has 0 aromatic carbocycles. The van der Waals surface area contributed by atoms with Crippen molar-refractivity contribution in [2.75, 3.05) is 45.8 Å². The Hall–Kier alpha value is -0.610. The SMILES string of the molecule is CC(CC(=O)N1CCCC(CN2CCCCCC2)C1)C1CCCNC1. The molecular formula is C21H39N3O. The highest BCUT2D eigenvalue weighted by molar-refractivity contribution is 5.76. The van der Waals surface area contributed by atoms with E-state index in [0.717, 1.165) is 32.6 Å². The third-order valence-electron chi connectivity index (χ3n) is 6.72. The minimum atomic E-state index is 0.415. The zero-order valence-electron chi connectivity index (χ0n) is 16.3. The van der Waals surface area contributed by atoms with E-state index in [1.165, 1.54) is 71.0 Å². The van der Waals surface area contributed by atoms with E-state index in [1.807, 2.05) is 0 Å². The summed E-state index contributed by atoms with van der Waals surface area (Å²) in [5.74, 6) is 2.32. The minimum absolute atomic E-state index is 0.415. The summed E-state index contributed by atoms with van der Waals surface area (Å²) in [5.41, 5.74) is 0. The number of hydrogen-bond donors (Lipinski definition) is 1. The van der Waals surface area contributed by atoms with Gasteiger partial charge in [-0.3, -0.25) is 4.79 Å². The molecule has 3 atom stereocenters. The molecule has 1 amide bonds. The molecule has 3 rings (SSSR count). The molecule has 3 fully saturated rings. The Morgan fingerprint density at radius 3 is 2.56 bits per heavy atom. The van der Waals surface area contributed by atoms with E-state index in [-0.39, 0.29) is 0 Å². The normalized spacial score (nSPS) is 30.7. The minimum Gasteiger partial charge on any atom is -0.342 e. The van der Waals surface area contributed by atoms with Crippen LogP contribution in [0, 0.1) is 17.8 Å². The molecule has 1 N–H and O–H groups in total. The highest BCUT2D eigenvalue weighted by Crippen LogP contribution is 2.25. The number of likely N-dealkylation sites (tertiary alicyclic amines) is 2. The summed E-state index contributed by atoms with van der Waals surface area (Å²) in [5, 5.41) is 3.50. The zero-order valence-corrected chi connectivity index (χ0v) is 16.3. The van der Waals surface area contributed by atoms with E-state index >= 15 is 0 Å². The Bertz CT molecular complexity index is 400. The van der Waals surface area contributed by atoms with E-state index in [9.17, 15) is 4.79 Å². The standard InChI is InChI=1S/C21H39N3O/c1-18(20-9-6-10-22-15-20)14-21(25)24-13-7-8-19(17-24)16-23-11-4-2-3-5-12-23/h18-20,22H,2-17H2,1H3. The van der Waals surface area contributed by atoms with E-state index < -0.39 is 0 Å². The number of carbonyl (C=O) groups is 1. The van der Waals surface area contributed by atoms with Crippen LogP contribution >= 0.6 is 0 Å². The molecule has 0 aromatic rings. The smallest absolute Gasteiger partial charge is 0.222 e. The van der Waals surface area contributed by atoms with E-state index in [2.05, 4.69) is 22.0 Å². The molecule has 0 bridgehead atoms. The number of hydrogen-bond acceptors (Lipinski definition) is 3. The fraction of sp³-hybridized carbons (Fsp3) is 0.952. The second-order valence-electron chi connectivity index (χ2n) is 8.85. The fourth-order valence-corrected chi connectivity index (χ4v) is 5.06. The molecule has 4 nitrogen and oxygen atoms in total. The maximum Gasteiger partial charge on any atom is 0.222 e. The van der Waals surface area contributed by atoms with Gasteiger partial charge in [-0.2, -0.15) is 0 Å². The van der Waals surface area contributed by atoms with Crippen LogP contribution in [0.5, 0.6) is 0 Å². The molecule has 4 heteroatoms. The summed E-state index contributed by atoms with van der Waals surface area (Å²) < 4.78 is 0. The summed E-state index contributed by atoms with van der Waals surface area (Å²) in [4.78, 5) is 17.7. The third kappa shape index (κ3) is 5.96. The van der Waals surface area contributed by atoms with Gasteiger partial charge in [0.25, 0.3) is 0 Å². The Balaban J connectivity index is 1.44. The Morgan fingerprint density at radius 2 is 1.84 bits per heavy atom. The first kappa shape index (κ1) is 19.2. The lowest BCUT2D eigenvalue weighted by Gasteiger charge is -2.36. The molecule has 25 heavy (non-hydrogen) atoms. The molecule has 0 spiro atoms. The molecule has 0 saturated carbocycles. The van der Waals surface area contributed by atoms with Gasteiger partial charge in [0.2, 0.25) is 5.91 Å². The van der Waals surface area contributed by atoms with Crippen LogP contribution < -0.4 is 5.32 Å². The predicted octanol–water partition coefficient (Wildman–Crippen LogP) is 3.13. The van der Waals surface area contributed by atoms with Gasteiger partial charge in [0, 0.05) is 26.1 Å². The molecule has 3 aliphatic heterocycles. The first-order chi connectivity index (χ1) is 12.2. The van der Waals surface area contributed by atoms with Crippen molar-refractivity contribution >= 4 is 5.91 Å². The van der Waals surface area contributed by atoms with E-state index in [0.29, 0.717) is 23.7 Å². The first-order valence-corrected chi connectivity index (χ1v) is 10.9. The molecule has 0 aliphatic carbocycles. The molecule has 3 heterocycles. The van der Waals surface area contributed by atoms with Crippen molar-refractivity contribution in [3.63, 3.8) is 0 Å². The second kappa shape index (κ2) is 9.91. The van der Waals surface area contributed by atoms with Crippen LogP contribution in [0.1, 0.15) is 64.7 Å². The maximum absolute atomic E-state index is 12.8. The van der Waals surface area contributed by atoms with Gasteiger partial charge >= 0.3 is 0 Å². The Morgan fingerprint density at radius 1 is 1.04 bits per heavy atom. The summed E-state index contributed by atoms with van der Waals surface area (Å²) in [6.07, 6.45) is 11.3. The second-order valence-corrected chi connectivity index (χ2v) is 8.85. The highest BCUT2D eigenvalue weighted by Gasteiger charge is 2.28. The first-order valence-electron chi connectivity index (χ1n) is 10.9. The highest BCUT2D eigenvalue weighted by atomic mass is 16.2. The number of carbonyl (C=O) groups excluding carboxylic acids is 1. The molecule has 3 saturated heterocycles. The van der Waals surface area contributed by atoms with Crippen molar-refractivity contribution in [2.24, 2.45) is 17.8 Å². The van der Waals surface area contributed by atoms with Crippen LogP contribution in [0.3, 0.4) is 0 Å². The van der Waals surface area contributed by atoms with E-state index in [4.69, 9.17) is 0 Å². The number of rotatable bonds is 5. The van der Waals surface area contributed by atoms with Crippen molar-refractivity contribution in [2.45, 2.75) is 64.7 Å². The average Bonchev–Trinajstić information content (AvgIpc) is 2.91. The van der Waals surface area contributed by atoms with Gasteiger partial charge < -0.3 is 15.1 Å². The fourth-order valence-electron chi connectivity index (χ4n) is 5.06. The molecule has 0 aromatic heterocycles. The van der Waals surface area contributed by atoms with Gasteiger partial charge in [-0.1, -0.05) is 19.8 Å². The van der Waals surface area contributed by atoms with Crippen LogP contribution in [0.15, 0.2) is 0 Å². The van der Waals surface area contributed by atoms with Crippen molar-refractivity contribution in [1.82, 2.24) is 15.1 Å². The third-order valence-corrected chi connectivity index (χ3v) is 6.72. The van der Waals surface area contributed by atoms with Gasteiger partial charge in [0.15, 0.2) is 0 Å². The van der Waals surface area contributed by atoms with Gasteiger partial charge in [-0.05, 0) is 82.5 Å². The van der Waals surface area contributed by atoms with Crippen LogP contribution in [0.2, 0.25) is 0 Å². The number of piperidine rings is 2. The molecular weight excluding hydrogens is 310 g/mol. The zero-order chi connectivity index (χ0) is 17.5. The lowest BCUT2D eigenvalue weighted by atomic mass is 9.85. The summed E-state index contributed by atoms with van der Waals surface area (Å²) in [6.45, 7) is 10.3. The topological polar surface area (TPSA) is 35.6 Å². The lowest BCUT2D eigenvalue weighted by Crippen LogP contribution is -2.45. The summed E-state index contributed by atoms with van der Waals surface area (Å²) >= 11 is 0. The van der Waals surface area contributed by atoms with Gasteiger partial charge in [0.1, 0.15) is 0 Å².